The highest BCUT2D eigenvalue weighted by Gasteiger charge is 2.25. The molecule has 8 heteroatoms. The Morgan fingerprint density at radius 2 is 1.68 bits per heavy atom. The molecule has 6 nitrogen and oxygen atoms in total. The Kier molecular flexibility index (Phi) is 6.95. The summed E-state index contributed by atoms with van der Waals surface area (Å²) in [6.07, 6.45) is 3.94. The molecular weight excluding hydrogens is 491 g/mol. The van der Waals surface area contributed by atoms with Gasteiger partial charge >= 0.3 is 0 Å². The first-order valence-corrected chi connectivity index (χ1v) is 11.7. The van der Waals surface area contributed by atoms with E-state index < -0.39 is 10.0 Å². The number of sulfonamides is 1. The highest BCUT2D eigenvalue weighted by atomic mass is 127. The van der Waals surface area contributed by atoms with E-state index in [-0.39, 0.29) is 10.8 Å². The van der Waals surface area contributed by atoms with Crippen molar-refractivity contribution < 1.29 is 17.9 Å². The van der Waals surface area contributed by atoms with Crippen LogP contribution in [0.25, 0.3) is 0 Å². The number of hydrogen-bond donors (Lipinski definition) is 1. The highest BCUT2D eigenvalue weighted by molar-refractivity contribution is 14.1. The Hall–Kier alpha value is -1.65. The molecule has 1 aliphatic heterocycles. The number of carbonyl (C=O) groups is 1. The normalized spacial score (nSPS) is 15.6. The molecule has 0 saturated carbocycles. The van der Waals surface area contributed by atoms with E-state index >= 15 is 0 Å². The minimum atomic E-state index is -3.49. The minimum absolute atomic E-state index is 0.256. The van der Waals surface area contributed by atoms with E-state index in [4.69, 9.17) is 4.74 Å². The van der Waals surface area contributed by atoms with E-state index in [2.05, 4.69) is 27.9 Å². The maximum absolute atomic E-state index is 12.8. The van der Waals surface area contributed by atoms with Gasteiger partial charge in [-0.3, -0.25) is 4.79 Å². The zero-order valence-electron chi connectivity index (χ0n) is 15.7. The van der Waals surface area contributed by atoms with Crippen molar-refractivity contribution in [2.45, 2.75) is 30.6 Å². The zero-order chi connectivity index (χ0) is 20.1. The van der Waals surface area contributed by atoms with Gasteiger partial charge in [0.2, 0.25) is 10.0 Å². The van der Waals surface area contributed by atoms with Gasteiger partial charge in [0.05, 0.1) is 15.6 Å². The fourth-order valence-corrected chi connectivity index (χ4v) is 5.40. The van der Waals surface area contributed by atoms with Crippen molar-refractivity contribution in [3.63, 3.8) is 0 Å². The highest BCUT2D eigenvalue weighted by Crippen LogP contribution is 2.24. The van der Waals surface area contributed by atoms with Crippen LogP contribution in [0.4, 0.5) is 5.69 Å². The molecule has 1 saturated heterocycles. The number of amides is 1. The lowest BCUT2D eigenvalue weighted by Gasteiger charge is -2.20. The summed E-state index contributed by atoms with van der Waals surface area (Å²) in [5.41, 5.74) is 1.05. The topological polar surface area (TPSA) is 75.7 Å². The molecule has 0 unspecified atom stereocenters. The molecule has 0 spiro atoms. The van der Waals surface area contributed by atoms with Crippen LogP contribution in [0.3, 0.4) is 0 Å². The molecule has 0 aromatic heterocycles. The summed E-state index contributed by atoms with van der Waals surface area (Å²) in [6, 6.07) is 11.5. The molecule has 150 valence electrons. The number of nitrogens with one attached hydrogen (secondary N) is 1. The molecule has 1 N–H and O–H groups in total. The maximum Gasteiger partial charge on any atom is 0.255 e. The van der Waals surface area contributed by atoms with E-state index in [9.17, 15) is 13.2 Å². The molecule has 1 amide bonds. The van der Waals surface area contributed by atoms with E-state index in [1.165, 1.54) is 0 Å². The summed E-state index contributed by atoms with van der Waals surface area (Å²) in [4.78, 5) is 12.7. The van der Waals surface area contributed by atoms with Crippen molar-refractivity contribution in [2.24, 2.45) is 0 Å². The predicted molar refractivity (Wildman–Crippen MR) is 117 cm³/mol. The minimum Gasteiger partial charge on any atom is -0.496 e. The molecule has 2 aromatic rings. The van der Waals surface area contributed by atoms with Crippen LogP contribution in [0.1, 0.15) is 36.0 Å². The van der Waals surface area contributed by atoms with Crippen LogP contribution in [0.15, 0.2) is 47.4 Å². The van der Waals surface area contributed by atoms with Crippen molar-refractivity contribution in [3.8, 4) is 5.75 Å². The fraction of sp³-hybridized carbons (Fsp3) is 0.350. The summed E-state index contributed by atoms with van der Waals surface area (Å²) in [7, 11) is -1.91. The predicted octanol–water partition coefficient (Wildman–Crippen LogP) is 4.12. The number of anilines is 1. The third-order valence-electron chi connectivity index (χ3n) is 4.73. The number of benzene rings is 2. The van der Waals surface area contributed by atoms with Gasteiger partial charge in [0, 0.05) is 24.3 Å². The largest absolute Gasteiger partial charge is 0.496 e. The molecule has 1 heterocycles. The molecular formula is C20H23IN2O4S. The molecule has 28 heavy (non-hydrogen) atoms. The van der Waals surface area contributed by atoms with Gasteiger partial charge in [0.25, 0.3) is 5.91 Å². The number of rotatable bonds is 5. The fourth-order valence-electron chi connectivity index (χ4n) is 3.15. The lowest BCUT2D eigenvalue weighted by molar-refractivity contribution is 0.102. The second kappa shape index (κ2) is 9.23. The van der Waals surface area contributed by atoms with Crippen LogP contribution in [-0.2, 0) is 10.0 Å². The van der Waals surface area contributed by atoms with Crippen molar-refractivity contribution in [2.75, 3.05) is 25.5 Å². The Morgan fingerprint density at radius 1 is 1.04 bits per heavy atom. The van der Waals surface area contributed by atoms with Crippen LogP contribution in [0.5, 0.6) is 5.75 Å². The van der Waals surface area contributed by atoms with E-state index in [0.717, 1.165) is 29.3 Å². The van der Waals surface area contributed by atoms with Crippen molar-refractivity contribution in [1.82, 2.24) is 4.31 Å². The van der Waals surface area contributed by atoms with Gasteiger partial charge in [-0.25, -0.2) is 8.42 Å². The summed E-state index contributed by atoms with van der Waals surface area (Å²) < 4.78 is 33.2. The summed E-state index contributed by atoms with van der Waals surface area (Å²) in [5.74, 6) is 0.448. The van der Waals surface area contributed by atoms with Gasteiger partial charge in [-0.1, -0.05) is 12.8 Å². The first-order chi connectivity index (χ1) is 13.4. The van der Waals surface area contributed by atoms with Gasteiger partial charge in [-0.15, -0.1) is 0 Å². The molecule has 0 aliphatic carbocycles. The van der Waals surface area contributed by atoms with E-state index in [1.807, 2.05) is 0 Å². The van der Waals surface area contributed by atoms with Gasteiger partial charge in [0.1, 0.15) is 5.75 Å². The van der Waals surface area contributed by atoms with Gasteiger partial charge < -0.3 is 10.1 Å². The summed E-state index contributed by atoms with van der Waals surface area (Å²) in [6.45, 7) is 1.13. The Labute approximate surface area is 179 Å². The molecule has 0 radical (unpaired) electrons. The monoisotopic (exact) mass is 514 g/mol. The van der Waals surface area contributed by atoms with Crippen LogP contribution in [0.2, 0.25) is 0 Å². The number of halogens is 1. The second-order valence-electron chi connectivity index (χ2n) is 6.65. The van der Waals surface area contributed by atoms with E-state index in [1.54, 1.807) is 53.9 Å². The average molecular weight is 514 g/mol. The van der Waals surface area contributed by atoms with Crippen molar-refractivity contribution in [1.29, 1.82) is 0 Å². The SMILES string of the molecule is COc1ccc(C(=O)Nc2ccc(S(=O)(=O)N3CCCCCC3)cc2)cc1I. The molecule has 1 fully saturated rings. The molecule has 0 bridgehead atoms. The van der Waals surface area contributed by atoms with Crippen molar-refractivity contribution >= 4 is 44.2 Å². The number of ether oxygens (including phenoxy) is 1. The zero-order valence-corrected chi connectivity index (χ0v) is 18.6. The van der Waals surface area contributed by atoms with Crippen LogP contribution in [0, 0.1) is 3.57 Å². The van der Waals surface area contributed by atoms with Crippen molar-refractivity contribution in [3.05, 3.63) is 51.6 Å². The smallest absolute Gasteiger partial charge is 0.255 e. The number of carbonyl (C=O) groups excluding carboxylic acids is 1. The van der Waals surface area contributed by atoms with Crippen LogP contribution in [-0.4, -0.2) is 38.8 Å². The lowest BCUT2D eigenvalue weighted by atomic mass is 10.2. The third-order valence-corrected chi connectivity index (χ3v) is 7.48. The standard InChI is InChI=1S/C20H23IN2O4S/c1-27-19-11-6-15(14-18(19)21)20(24)22-16-7-9-17(10-8-16)28(25,26)23-12-4-2-3-5-13-23/h6-11,14H,2-5,12-13H2,1H3,(H,22,24). The first-order valence-electron chi connectivity index (χ1n) is 9.17. The number of methoxy groups -OCH3 is 1. The first kappa shape index (κ1) is 21.1. The van der Waals surface area contributed by atoms with Crippen LogP contribution < -0.4 is 10.1 Å². The molecule has 3 rings (SSSR count). The van der Waals surface area contributed by atoms with E-state index in [0.29, 0.717) is 30.1 Å². The summed E-state index contributed by atoms with van der Waals surface area (Å²) in [5, 5.41) is 2.80. The van der Waals surface area contributed by atoms with Gasteiger partial charge in [-0.2, -0.15) is 4.31 Å². The second-order valence-corrected chi connectivity index (χ2v) is 9.75. The number of nitrogens with zero attached hydrogens (tertiary/aromatic N) is 1. The Balaban J connectivity index is 1.71. The average Bonchev–Trinajstić information content (AvgIpc) is 2.98. The quantitative estimate of drug-likeness (QED) is 0.610. The lowest BCUT2D eigenvalue weighted by Crippen LogP contribution is -2.31. The maximum atomic E-state index is 12.8. The van der Waals surface area contributed by atoms with Gasteiger partial charge in [0.15, 0.2) is 0 Å². The summed E-state index contributed by atoms with van der Waals surface area (Å²) >= 11 is 2.11. The van der Waals surface area contributed by atoms with Gasteiger partial charge in [-0.05, 0) is 77.9 Å². The Morgan fingerprint density at radius 3 is 2.25 bits per heavy atom. The molecule has 0 atom stereocenters. The Bertz CT molecular complexity index is 937. The third kappa shape index (κ3) is 4.84. The molecule has 2 aromatic carbocycles. The number of hydrogen-bond acceptors (Lipinski definition) is 4. The molecule has 1 aliphatic rings. The van der Waals surface area contributed by atoms with Crippen LogP contribution >= 0.6 is 22.6 Å².